The van der Waals surface area contributed by atoms with Crippen LogP contribution in [0.4, 0.5) is 0 Å². The lowest BCUT2D eigenvalue weighted by molar-refractivity contribution is -0.147. The van der Waals surface area contributed by atoms with Gasteiger partial charge in [0.05, 0.1) is 27.5 Å². The summed E-state index contributed by atoms with van der Waals surface area (Å²) in [5, 5.41) is 10.3. The molecular weight excluding hydrogens is 338 g/mol. The molecule has 4 nitrogen and oxygen atoms in total. The number of hydrogen-bond acceptors (Lipinski definition) is 7. The third kappa shape index (κ3) is 3.59. The second-order valence-corrected chi connectivity index (χ2v) is 7.01. The molecule has 2 aromatic rings. The minimum atomic E-state index is -0.759. The molecule has 1 N–H and O–H groups in total. The maximum atomic E-state index is 11.4. The average molecular weight is 358 g/mol. The predicted molar refractivity (Wildman–Crippen MR) is 96.0 cm³/mol. The molecule has 0 saturated carbocycles. The molecule has 0 bridgehead atoms. The fourth-order valence-electron chi connectivity index (χ4n) is 1.99. The van der Waals surface area contributed by atoms with Gasteiger partial charge in [-0.3, -0.25) is 4.79 Å². The Morgan fingerprint density at radius 2 is 2.23 bits per heavy atom. The molecule has 22 heavy (non-hydrogen) atoms. The van der Waals surface area contributed by atoms with Crippen LogP contribution in [-0.2, 0) is 9.53 Å². The first kappa shape index (κ1) is 17.6. The van der Waals surface area contributed by atoms with E-state index in [1.807, 2.05) is 24.3 Å². The van der Waals surface area contributed by atoms with Crippen LogP contribution >= 0.6 is 36.6 Å². The molecule has 1 aromatic carbocycles. The van der Waals surface area contributed by atoms with Gasteiger partial charge >= 0.3 is 5.97 Å². The summed E-state index contributed by atoms with van der Waals surface area (Å²) in [5.41, 5.74) is 0.142. The van der Waals surface area contributed by atoms with Crippen LogP contribution in [0, 0.1) is 5.41 Å². The first-order chi connectivity index (χ1) is 10.6. The number of para-hydroxylation sites is 1. The maximum Gasteiger partial charge on any atom is 0.305 e. The van der Waals surface area contributed by atoms with E-state index in [9.17, 15) is 9.90 Å². The first-order valence-corrected chi connectivity index (χ1v) is 8.93. The molecule has 0 aliphatic heterocycles. The fraction of sp³-hybridized carbons (Fsp3) is 0.467. The van der Waals surface area contributed by atoms with E-state index in [0.717, 1.165) is 15.2 Å². The number of esters is 1. The molecular formula is C15H19NO3S3. The Bertz CT molecular complexity index is 607. The van der Waals surface area contributed by atoms with Gasteiger partial charge in [-0.15, -0.1) is 11.3 Å². The molecule has 2 atom stereocenters. The van der Waals surface area contributed by atoms with Gasteiger partial charge in [-0.05, 0) is 12.1 Å². The van der Waals surface area contributed by atoms with Gasteiger partial charge in [0.2, 0.25) is 0 Å². The van der Waals surface area contributed by atoms with Crippen LogP contribution < -0.4 is 0 Å². The Hall–Kier alpha value is -0.760. The Kier molecular flexibility index (Phi) is 6.14. The van der Waals surface area contributed by atoms with Gasteiger partial charge in [0, 0.05) is 12.2 Å². The second-order valence-electron chi connectivity index (χ2n) is 5.12. The van der Waals surface area contributed by atoms with E-state index >= 15 is 0 Å². The predicted octanol–water partition coefficient (Wildman–Crippen LogP) is 3.13. The van der Waals surface area contributed by atoms with E-state index in [1.54, 1.807) is 6.92 Å². The number of fused-ring (bicyclic) bond motifs is 1. The molecule has 120 valence electrons. The third-order valence-corrected chi connectivity index (χ3v) is 6.26. The number of aromatic nitrogens is 1. The van der Waals surface area contributed by atoms with E-state index in [-0.39, 0.29) is 24.4 Å². The third-order valence-electron chi connectivity index (χ3n) is 3.56. The van der Waals surface area contributed by atoms with Crippen molar-refractivity contribution in [1.82, 2.24) is 4.98 Å². The van der Waals surface area contributed by atoms with Crippen molar-refractivity contribution >= 4 is 52.8 Å². The molecule has 0 radical (unpaired) electrons. The number of thiazole rings is 1. The van der Waals surface area contributed by atoms with Crippen LogP contribution in [0.2, 0.25) is 0 Å². The minimum absolute atomic E-state index is 0.0732. The summed E-state index contributed by atoms with van der Waals surface area (Å²) in [5.74, 6) is 0.0364. The summed E-state index contributed by atoms with van der Waals surface area (Å²) in [6.45, 7) is 1.62. The molecule has 2 unspecified atom stereocenters. The van der Waals surface area contributed by atoms with Crippen LogP contribution in [0.1, 0.15) is 23.6 Å². The number of carbonyl (C=O) groups is 1. The Balaban J connectivity index is 2.27. The van der Waals surface area contributed by atoms with E-state index in [1.165, 1.54) is 11.3 Å². The van der Waals surface area contributed by atoms with Crippen LogP contribution in [0.25, 0.3) is 10.2 Å². The van der Waals surface area contributed by atoms with Crippen LogP contribution in [0.5, 0.6) is 0 Å². The Labute approximate surface area is 144 Å². The molecule has 0 amide bonds. The molecule has 0 fully saturated rings. The highest BCUT2D eigenvalue weighted by Gasteiger charge is 2.39. The van der Waals surface area contributed by atoms with Crippen molar-refractivity contribution in [2.45, 2.75) is 18.6 Å². The molecule has 0 aliphatic carbocycles. The lowest BCUT2D eigenvalue weighted by Gasteiger charge is -2.33. The molecule has 0 aliphatic rings. The van der Waals surface area contributed by atoms with Crippen molar-refractivity contribution in [3.8, 4) is 0 Å². The minimum Gasteiger partial charge on any atom is -0.465 e. The van der Waals surface area contributed by atoms with Crippen molar-refractivity contribution in [3.63, 3.8) is 0 Å². The largest absolute Gasteiger partial charge is 0.465 e. The number of aliphatic hydroxyl groups is 1. The Morgan fingerprint density at radius 1 is 1.50 bits per heavy atom. The standard InChI is InChI=1S/C15H19NO3S3/c1-2-12(18)19-8-15(7-17,9-20)13(21)14-16-10-5-3-4-6-11(10)22-14/h3-6,13,17,20-21H,2,7-9H2,1H3. The molecule has 1 aromatic heterocycles. The van der Waals surface area contributed by atoms with Crippen LogP contribution in [-0.4, -0.2) is 35.0 Å². The van der Waals surface area contributed by atoms with Crippen molar-refractivity contribution in [3.05, 3.63) is 29.3 Å². The molecule has 0 saturated heterocycles. The first-order valence-electron chi connectivity index (χ1n) is 6.97. The topological polar surface area (TPSA) is 59.4 Å². The molecule has 0 spiro atoms. The van der Waals surface area contributed by atoms with E-state index in [4.69, 9.17) is 4.74 Å². The van der Waals surface area contributed by atoms with Crippen LogP contribution in [0.3, 0.4) is 0 Å². The number of nitrogens with zero attached hydrogens (tertiary/aromatic N) is 1. The number of rotatable bonds is 7. The van der Waals surface area contributed by atoms with Crippen LogP contribution in [0.15, 0.2) is 24.3 Å². The van der Waals surface area contributed by atoms with Gasteiger partial charge in [0.25, 0.3) is 0 Å². The summed E-state index contributed by atoms with van der Waals surface area (Å²) >= 11 is 10.5. The van der Waals surface area contributed by atoms with Gasteiger partial charge in [0.1, 0.15) is 11.6 Å². The van der Waals surface area contributed by atoms with Gasteiger partial charge in [0.15, 0.2) is 0 Å². The number of carbonyl (C=O) groups excluding carboxylic acids is 1. The normalized spacial score (nSPS) is 15.5. The van der Waals surface area contributed by atoms with E-state index in [2.05, 4.69) is 30.2 Å². The summed E-state index contributed by atoms with van der Waals surface area (Å²) in [4.78, 5) is 16.0. The lowest BCUT2D eigenvalue weighted by Crippen LogP contribution is -2.38. The van der Waals surface area contributed by atoms with Crippen molar-refractivity contribution in [2.24, 2.45) is 5.41 Å². The van der Waals surface area contributed by atoms with E-state index in [0.29, 0.717) is 12.2 Å². The number of thiol groups is 2. The quantitative estimate of drug-likeness (QED) is 0.526. The second kappa shape index (κ2) is 7.68. The summed E-state index contributed by atoms with van der Waals surface area (Å²) in [6.07, 6.45) is 0.298. The summed E-state index contributed by atoms with van der Waals surface area (Å²) in [6, 6.07) is 7.82. The van der Waals surface area contributed by atoms with Crippen molar-refractivity contribution in [2.75, 3.05) is 19.0 Å². The average Bonchev–Trinajstić information content (AvgIpc) is 2.99. The van der Waals surface area contributed by atoms with Gasteiger partial charge in [-0.1, -0.05) is 19.1 Å². The summed E-state index contributed by atoms with van der Waals surface area (Å²) in [7, 11) is 0. The van der Waals surface area contributed by atoms with Crippen molar-refractivity contribution < 1.29 is 14.6 Å². The molecule has 1 heterocycles. The zero-order valence-electron chi connectivity index (χ0n) is 12.2. The Morgan fingerprint density at radius 3 is 2.82 bits per heavy atom. The van der Waals surface area contributed by atoms with Gasteiger partial charge < -0.3 is 9.84 Å². The highest BCUT2D eigenvalue weighted by Crippen LogP contribution is 2.43. The monoisotopic (exact) mass is 357 g/mol. The highest BCUT2D eigenvalue weighted by atomic mass is 32.1. The zero-order valence-corrected chi connectivity index (χ0v) is 14.8. The van der Waals surface area contributed by atoms with Gasteiger partial charge in [-0.25, -0.2) is 4.98 Å². The zero-order chi connectivity index (χ0) is 16.2. The number of aliphatic hydroxyl groups excluding tert-OH is 1. The maximum absolute atomic E-state index is 11.4. The number of benzene rings is 1. The SMILES string of the molecule is CCC(=O)OCC(CO)(CS)C(S)c1nc2ccccc2s1. The molecule has 7 heteroatoms. The van der Waals surface area contributed by atoms with Gasteiger partial charge in [-0.2, -0.15) is 25.3 Å². The highest BCUT2D eigenvalue weighted by molar-refractivity contribution is 7.81. The summed E-state index contributed by atoms with van der Waals surface area (Å²) < 4.78 is 6.30. The number of hydrogen-bond donors (Lipinski definition) is 3. The number of ether oxygens (including phenoxy) is 1. The van der Waals surface area contributed by atoms with Crippen molar-refractivity contribution in [1.29, 1.82) is 0 Å². The lowest BCUT2D eigenvalue weighted by atomic mass is 9.88. The molecule has 2 rings (SSSR count). The van der Waals surface area contributed by atoms with E-state index < -0.39 is 5.41 Å². The smallest absolute Gasteiger partial charge is 0.305 e. The fourth-order valence-corrected chi connectivity index (χ4v) is 4.07.